The minimum absolute atomic E-state index is 0.341. The Balaban J connectivity index is 1.53. The summed E-state index contributed by atoms with van der Waals surface area (Å²) in [5.74, 6) is 1.40. The van der Waals surface area contributed by atoms with Crippen LogP contribution in [0, 0.1) is 0 Å². The molecule has 0 radical (unpaired) electrons. The van der Waals surface area contributed by atoms with Crippen molar-refractivity contribution in [3.05, 3.63) is 57.5 Å². The van der Waals surface area contributed by atoms with Crippen molar-refractivity contribution in [1.82, 2.24) is 30.5 Å². The highest BCUT2D eigenvalue weighted by atomic mass is 35.5. The maximum Gasteiger partial charge on any atom is 0.190 e. The van der Waals surface area contributed by atoms with Gasteiger partial charge in [0, 0.05) is 21.5 Å². The Bertz CT molecular complexity index is 1230. The number of tetrazole rings is 1. The first-order valence-electron chi connectivity index (χ1n) is 9.91. The molecule has 0 spiro atoms. The van der Waals surface area contributed by atoms with E-state index in [1.54, 1.807) is 35.7 Å². The molecule has 5 rings (SSSR count). The van der Waals surface area contributed by atoms with E-state index in [1.165, 1.54) is 22.4 Å². The number of nitrogen functional groups attached to an aromatic ring is 1. The van der Waals surface area contributed by atoms with Gasteiger partial charge in [-0.05, 0) is 72.6 Å². The highest BCUT2D eigenvalue weighted by Gasteiger charge is 2.20. The van der Waals surface area contributed by atoms with Gasteiger partial charge >= 0.3 is 0 Å². The summed E-state index contributed by atoms with van der Waals surface area (Å²) in [6, 6.07) is 11.6. The van der Waals surface area contributed by atoms with E-state index in [1.807, 2.05) is 6.07 Å². The Hall–Kier alpha value is -2.52. The summed E-state index contributed by atoms with van der Waals surface area (Å²) in [7, 11) is 0. The molecule has 0 atom stereocenters. The van der Waals surface area contributed by atoms with Crippen molar-refractivity contribution in [2.24, 2.45) is 0 Å². The smallest absolute Gasteiger partial charge is 0.190 e. The van der Waals surface area contributed by atoms with E-state index < -0.39 is 0 Å². The average Bonchev–Trinajstić information content (AvgIpc) is 3.47. The second-order valence-corrected chi connectivity index (χ2v) is 9.27. The van der Waals surface area contributed by atoms with E-state index in [-0.39, 0.29) is 0 Å². The van der Waals surface area contributed by atoms with Gasteiger partial charge in [0.05, 0.1) is 21.3 Å². The fraction of sp³-hybridized carbons (Fsp3) is 0.238. The van der Waals surface area contributed by atoms with Gasteiger partial charge in [0.25, 0.3) is 0 Å². The Labute approximate surface area is 193 Å². The molecule has 7 nitrogen and oxygen atoms in total. The molecule has 0 unspecified atom stereocenters. The number of hydrogen-bond donors (Lipinski definition) is 2. The van der Waals surface area contributed by atoms with Gasteiger partial charge in [-0.1, -0.05) is 29.3 Å². The molecule has 1 fully saturated rings. The molecule has 0 saturated carbocycles. The number of nitrogens with zero attached hydrogens (tertiary/aromatic N) is 5. The van der Waals surface area contributed by atoms with Crippen LogP contribution < -0.4 is 11.1 Å². The molecule has 0 amide bonds. The molecule has 1 aliphatic rings. The third-order valence-electron chi connectivity index (χ3n) is 5.44. The number of aromatic nitrogens is 5. The summed E-state index contributed by atoms with van der Waals surface area (Å²) in [4.78, 5) is 6.96. The van der Waals surface area contributed by atoms with E-state index in [0.717, 1.165) is 23.5 Å². The van der Waals surface area contributed by atoms with Crippen LogP contribution in [0.3, 0.4) is 0 Å². The number of thiophene rings is 1. The second kappa shape index (κ2) is 8.55. The number of rotatable bonds is 4. The number of pyridine rings is 1. The van der Waals surface area contributed by atoms with Gasteiger partial charge in [0.15, 0.2) is 5.82 Å². The van der Waals surface area contributed by atoms with Crippen molar-refractivity contribution in [3.8, 4) is 27.5 Å². The standard InChI is InChI=1S/C21H19Cl2N7S/c22-15-2-1-3-16(19(15)23)30-21(27-28-29-30)14-10-13(11-26-20(14)24)18-5-4-17(31-18)12-6-8-25-9-7-12/h1-5,10-12,25H,6-9H2,(H2,24,26). The molecule has 3 N–H and O–H groups in total. The normalized spacial score (nSPS) is 14.8. The maximum absolute atomic E-state index is 6.39. The minimum atomic E-state index is 0.341. The van der Waals surface area contributed by atoms with Crippen molar-refractivity contribution in [2.45, 2.75) is 18.8 Å². The van der Waals surface area contributed by atoms with Gasteiger partial charge in [0.2, 0.25) is 0 Å². The van der Waals surface area contributed by atoms with E-state index in [0.29, 0.717) is 38.9 Å². The number of nitrogens with one attached hydrogen (secondary N) is 1. The summed E-state index contributed by atoms with van der Waals surface area (Å²) in [6.07, 6.45) is 4.12. The summed E-state index contributed by atoms with van der Waals surface area (Å²) >= 11 is 14.4. The van der Waals surface area contributed by atoms with Crippen LogP contribution in [0.5, 0.6) is 0 Å². The fourth-order valence-electron chi connectivity index (χ4n) is 3.80. The molecule has 1 aliphatic heterocycles. The number of benzene rings is 1. The monoisotopic (exact) mass is 471 g/mol. The zero-order valence-corrected chi connectivity index (χ0v) is 18.8. The highest BCUT2D eigenvalue weighted by Crippen LogP contribution is 2.38. The fourth-order valence-corrected chi connectivity index (χ4v) is 5.33. The number of piperidine rings is 1. The van der Waals surface area contributed by atoms with Crippen LogP contribution in [-0.4, -0.2) is 38.3 Å². The first-order valence-corrected chi connectivity index (χ1v) is 11.5. The zero-order valence-electron chi connectivity index (χ0n) is 16.4. The third kappa shape index (κ3) is 3.92. The van der Waals surface area contributed by atoms with Crippen molar-refractivity contribution >= 4 is 40.4 Å². The molecule has 4 heterocycles. The number of anilines is 1. The van der Waals surface area contributed by atoms with Crippen LogP contribution in [0.2, 0.25) is 10.0 Å². The van der Waals surface area contributed by atoms with Crippen LogP contribution in [0.25, 0.3) is 27.5 Å². The molecule has 4 aromatic rings. The lowest BCUT2D eigenvalue weighted by atomic mass is 9.97. The van der Waals surface area contributed by atoms with Gasteiger partial charge < -0.3 is 11.1 Å². The lowest BCUT2D eigenvalue weighted by Gasteiger charge is -2.21. The number of halogens is 2. The Morgan fingerprint density at radius 1 is 1.13 bits per heavy atom. The average molecular weight is 472 g/mol. The lowest BCUT2D eigenvalue weighted by Crippen LogP contribution is -2.26. The van der Waals surface area contributed by atoms with E-state index in [2.05, 4.69) is 38.0 Å². The predicted octanol–water partition coefficient (Wildman–Crippen LogP) is 4.81. The largest absolute Gasteiger partial charge is 0.383 e. The van der Waals surface area contributed by atoms with E-state index >= 15 is 0 Å². The molecule has 1 saturated heterocycles. The highest BCUT2D eigenvalue weighted by molar-refractivity contribution is 7.15. The first kappa shape index (κ1) is 20.4. The third-order valence-corrected chi connectivity index (χ3v) is 7.55. The lowest BCUT2D eigenvalue weighted by molar-refractivity contribution is 0.465. The topological polar surface area (TPSA) is 94.5 Å². The van der Waals surface area contributed by atoms with Crippen LogP contribution in [0.1, 0.15) is 23.6 Å². The molecule has 158 valence electrons. The Kier molecular flexibility index (Phi) is 5.62. The van der Waals surface area contributed by atoms with Crippen LogP contribution in [0.15, 0.2) is 42.6 Å². The summed E-state index contributed by atoms with van der Waals surface area (Å²) < 4.78 is 1.53. The van der Waals surface area contributed by atoms with Gasteiger partial charge in [-0.15, -0.1) is 16.4 Å². The van der Waals surface area contributed by atoms with Crippen molar-refractivity contribution in [1.29, 1.82) is 0 Å². The number of nitrogens with two attached hydrogens (primary N) is 1. The summed E-state index contributed by atoms with van der Waals surface area (Å²) in [5, 5.41) is 16.3. The van der Waals surface area contributed by atoms with E-state index in [9.17, 15) is 0 Å². The zero-order chi connectivity index (χ0) is 21.4. The van der Waals surface area contributed by atoms with Gasteiger partial charge in [-0.3, -0.25) is 0 Å². The molecular formula is C21H19Cl2N7S. The second-order valence-electron chi connectivity index (χ2n) is 7.37. The van der Waals surface area contributed by atoms with Crippen molar-refractivity contribution in [3.63, 3.8) is 0 Å². The molecule has 31 heavy (non-hydrogen) atoms. The molecule has 0 aliphatic carbocycles. The summed E-state index contributed by atoms with van der Waals surface area (Å²) in [6.45, 7) is 2.14. The molecular weight excluding hydrogens is 453 g/mol. The summed E-state index contributed by atoms with van der Waals surface area (Å²) in [5.41, 5.74) is 8.39. The predicted molar refractivity (Wildman–Crippen MR) is 125 cm³/mol. The molecule has 10 heteroatoms. The van der Waals surface area contributed by atoms with Crippen molar-refractivity contribution in [2.75, 3.05) is 18.8 Å². The molecule has 3 aromatic heterocycles. The molecule has 0 bridgehead atoms. The Morgan fingerprint density at radius 2 is 1.97 bits per heavy atom. The maximum atomic E-state index is 6.39. The number of hydrogen-bond acceptors (Lipinski definition) is 7. The van der Waals surface area contributed by atoms with Gasteiger partial charge in [0.1, 0.15) is 5.82 Å². The van der Waals surface area contributed by atoms with Crippen LogP contribution in [0.4, 0.5) is 5.82 Å². The quantitative estimate of drug-likeness (QED) is 0.443. The minimum Gasteiger partial charge on any atom is -0.383 e. The van der Waals surface area contributed by atoms with Crippen LogP contribution >= 0.6 is 34.5 Å². The van der Waals surface area contributed by atoms with Gasteiger partial charge in [-0.25, -0.2) is 4.98 Å². The first-order chi connectivity index (χ1) is 15.1. The van der Waals surface area contributed by atoms with Crippen molar-refractivity contribution < 1.29 is 0 Å². The van der Waals surface area contributed by atoms with Crippen LogP contribution in [-0.2, 0) is 0 Å². The SMILES string of the molecule is Nc1ncc(-c2ccc(C3CCNCC3)s2)cc1-c1nnnn1-c1cccc(Cl)c1Cl. The van der Waals surface area contributed by atoms with Gasteiger partial charge in [-0.2, -0.15) is 4.68 Å². The Morgan fingerprint density at radius 3 is 2.81 bits per heavy atom. The molecule has 1 aromatic carbocycles. The van der Waals surface area contributed by atoms with E-state index in [4.69, 9.17) is 28.9 Å².